The van der Waals surface area contributed by atoms with Gasteiger partial charge in [-0.3, -0.25) is 14.1 Å². The summed E-state index contributed by atoms with van der Waals surface area (Å²) < 4.78 is 44.3. The highest BCUT2D eigenvalue weighted by Gasteiger charge is 2.65. The third kappa shape index (κ3) is 10.5. The standard InChI is InChI=1S/C55H93NO10S/c1-34(10-16-48(59)56-26-29-67(62,63)64)40-12-14-42-50-44(20-24-54(40,42)5)52(3)22-18-38(30-36(52)32-46(50)57)65-27-8-7-9-28-66-39-19-23-53(4)37(31-39)33-47(58)51-43-15-13-41(35(2)11-17-49(60)61)55(43,6)25-21-45(51)53/h34-47,50-51,57-58H,7-33H2,1-6H3,(H,56,59)(H,60,61)(H,62,63,64)/t34-,35-,36?,37?,38-,39-,40-,41-,42+,43+,44+,45+,46+,47+,50?,51+,52+,53+,54-,55-/m1/s1. The average Bonchev–Trinajstić information content (AvgIpc) is 3.81. The molecule has 1 amide bonds. The number of carbonyl (C=O) groups excluding carboxylic acids is 1. The molecule has 8 aliphatic rings. The zero-order valence-corrected chi connectivity index (χ0v) is 43.3. The summed E-state index contributed by atoms with van der Waals surface area (Å²) >= 11 is 0. The Morgan fingerprint density at radius 2 is 1.04 bits per heavy atom. The number of carbonyl (C=O) groups is 2. The third-order valence-electron chi connectivity index (χ3n) is 22.6. The molecule has 3 unspecified atom stereocenters. The van der Waals surface area contributed by atoms with Crippen LogP contribution in [0.2, 0.25) is 0 Å². The quantitative estimate of drug-likeness (QED) is 0.0618. The lowest BCUT2D eigenvalue weighted by atomic mass is 9.43. The average molecular weight is 960 g/mol. The van der Waals surface area contributed by atoms with Crippen LogP contribution in [-0.4, -0.2) is 90.1 Å². The Balaban J connectivity index is 0.732. The van der Waals surface area contributed by atoms with Crippen LogP contribution in [0, 0.1) is 92.7 Å². The van der Waals surface area contributed by atoms with Gasteiger partial charge in [0.2, 0.25) is 5.91 Å². The molecule has 5 N–H and O–H groups in total. The van der Waals surface area contributed by atoms with Gasteiger partial charge in [-0.15, -0.1) is 0 Å². The van der Waals surface area contributed by atoms with Gasteiger partial charge in [-0.25, -0.2) is 0 Å². The zero-order chi connectivity index (χ0) is 48.1. The summed E-state index contributed by atoms with van der Waals surface area (Å²) in [6.45, 7) is 16.1. The number of amides is 1. The zero-order valence-electron chi connectivity index (χ0n) is 42.5. The van der Waals surface area contributed by atoms with Gasteiger partial charge < -0.3 is 30.1 Å². The molecule has 0 aromatic rings. The summed E-state index contributed by atoms with van der Waals surface area (Å²) in [5.41, 5.74) is 0.877. The number of aliphatic hydroxyl groups is 2. The van der Waals surface area contributed by atoms with Crippen LogP contribution < -0.4 is 5.32 Å². The lowest BCUT2D eigenvalue weighted by molar-refractivity contribution is -0.178. The topological polar surface area (TPSA) is 180 Å². The number of fused-ring (bicyclic) bond motifs is 10. The van der Waals surface area contributed by atoms with Crippen molar-refractivity contribution in [1.29, 1.82) is 0 Å². The molecule has 0 spiro atoms. The van der Waals surface area contributed by atoms with E-state index >= 15 is 0 Å². The summed E-state index contributed by atoms with van der Waals surface area (Å²) in [7, 11) is -4.09. The van der Waals surface area contributed by atoms with Gasteiger partial charge in [0.1, 0.15) is 0 Å². The van der Waals surface area contributed by atoms with Crippen molar-refractivity contribution in [1.82, 2.24) is 5.32 Å². The Labute approximate surface area is 405 Å². The Bertz CT molecular complexity index is 1830. The van der Waals surface area contributed by atoms with Gasteiger partial charge in [0.05, 0.1) is 30.2 Å². The Hall–Kier alpha value is -1.31. The maximum atomic E-state index is 12.5. The highest BCUT2D eigenvalue weighted by molar-refractivity contribution is 7.85. The summed E-state index contributed by atoms with van der Waals surface area (Å²) in [6.07, 6.45) is 23.3. The highest BCUT2D eigenvalue weighted by Crippen LogP contribution is 2.70. The van der Waals surface area contributed by atoms with Crippen LogP contribution >= 0.6 is 0 Å². The number of nitrogens with one attached hydrogen (secondary N) is 1. The number of ether oxygens (including phenoxy) is 2. The van der Waals surface area contributed by atoms with E-state index in [1.54, 1.807) is 0 Å². The van der Waals surface area contributed by atoms with Gasteiger partial charge in [0.25, 0.3) is 10.1 Å². The minimum absolute atomic E-state index is 0.0697. The van der Waals surface area contributed by atoms with Gasteiger partial charge in [-0.05, 0) is 228 Å². The fourth-order valence-electron chi connectivity index (χ4n) is 19.0. The Morgan fingerprint density at radius 3 is 1.49 bits per heavy atom. The van der Waals surface area contributed by atoms with E-state index in [2.05, 4.69) is 46.9 Å². The molecule has 0 saturated heterocycles. The number of hydrogen-bond acceptors (Lipinski definition) is 8. The fraction of sp³-hybridized carbons (Fsp3) is 0.964. The van der Waals surface area contributed by atoms with Crippen LogP contribution in [0.25, 0.3) is 0 Å². The molecule has 0 aliphatic heterocycles. The van der Waals surface area contributed by atoms with E-state index < -0.39 is 21.8 Å². The van der Waals surface area contributed by atoms with Gasteiger partial charge in [0, 0.05) is 32.6 Å². The normalized spacial score (nSPS) is 45.6. The molecule has 0 aromatic heterocycles. The molecular formula is C55H93NO10S. The van der Waals surface area contributed by atoms with E-state index in [0.717, 1.165) is 103 Å². The number of hydrogen-bond donors (Lipinski definition) is 5. The molecule has 8 fully saturated rings. The predicted molar refractivity (Wildman–Crippen MR) is 260 cm³/mol. The van der Waals surface area contributed by atoms with E-state index in [1.165, 1.54) is 44.9 Å². The monoisotopic (exact) mass is 960 g/mol. The molecule has 67 heavy (non-hydrogen) atoms. The number of aliphatic carboxylic acids is 1. The fourth-order valence-corrected chi connectivity index (χ4v) is 19.4. The van der Waals surface area contributed by atoms with E-state index in [9.17, 15) is 33.3 Å². The van der Waals surface area contributed by atoms with Crippen molar-refractivity contribution in [2.45, 2.75) is 214 Å². The van der Waals surface area contributed by atoms with Crippen molar-refractivity contribution in [3.05, 3.63) is 0 Å². The third-order valence-corrected chi connectivity index (χ3v) is 23.3. The molecule has 0 radical (unpaired) electrons. The molecule has 8 saturated carbocycles. The van der Waals surface area contributed by atoms with E-state index in [4.69, 9.17) is 14.0 Å². The Kier molecular flexibility index (Phi) is 16.0. The van der Waals surface area contributed by atoms with Crippen LogP contribution in [0.5, 0.6) is 0 Å². The van der Waals surface area contributed by atoms with Crippen molar-refractivity contribution < 1.29 is 47.4 Å². The molecular weight excluding hydrogens is 867 g/mol. The second kappa shape index (κ2) is 20.7. The largest absolute Gasteiger partial charge is 0.481 e. The number of aliphatic hydroxyl groups excluding tert-OH is 2. The van der Waals surface area contributed by atoms with E-state index in [0.29, 0.717) is 77.4 Å². The van der Waals surface area contributed by atoms with Crippen LogP contribution in [-0.2, 0) is 29.2 Å². The van der Waals surface area contributed by atoms with Crippen molar-refractivity contribution in [2.75, 3.05) is 25.5 Å². The van der Waals surface area contributed by atoms with Gasteiger partial charge >= 0.3 is 5.97 Å². The van der Waals surface area contributed by atoms with Crippen LogP contribution in [0.15, 0.2) is 0 Å². The molecule has 8 aliphatic carbocycles. The van der Waals surface area contributed by atoms with Crippen LogP contribution in [0.4, 0.5) is 0 Å². The van der Waals surface area contributed by atoms with Gasteiger partial charge in [-0.2, -0.15) is 8.42 Å². The molecule has 384 valence electrons. The molecule has 0 heterocycles. The molecule has 0 bridgehead atoms. The smallest absolute Gasteiger partial charge is 0.303 e. The van der Waals surface area contributed by atoms with E-state index in [1.807, 2.05) is 0 Å². The number of carboxylic acids is 1. The molecule has 12 heteroatoms. The first-order valence-corrected chi connectivity index (χ1v) is 29.3. The van der Waals surface area contributed by atoms with Gasteiger partial charge in [-0.1, -0.05) is 41.5 Å². The number of rotatable bonds is 19. The molecule has 8 rings (SSSR count). The molecule has 11 nitrogen and oxygen atoms in total. The Morgan fingerprint density at radius 1 is 0.612 bits per heavy atom. The van der Waals surface area contributed by atoms with Gasteiger partial charge in [0.15, 0.2) is 0 Å². The lowest BCUT2D eigenvalue weighted by Gasteiger charge is -2.62. The maximum absolute atomic E-state index is 12.5. The summed E-state index contributed by atoms with van der Waals surface area (Å²) in [6, 6.07) is 0. The second-order valence-corrected chi connectivity index (χ2v) is 27.3. The SMILES string of the molecule is C[C@H](CCC(=O)NCCS(=O)(=O)O)[C@H]1CC[C@H]2C3[C@@H](O)CC4C[C@H](OCCCCCO[C@@H]5CC[C@@]6(C)C(C5)C[C@H](O)[C@H]5[C@@H]7CC[C@H]([C@H](C)CCC(=O)O)[C@@]7(C)CC[C@@H]56)CC[C@]4(C)[C@H]3CC[C@]12C. The first-order chi connectivity index (χ1) is 31.7. The van der Waals surface area contributed by atoms with Crippen LogP contribution in [0.1, 0.15) is 189 Å². The summed E-state index contributed by atoms with van der Waals surface area (Å²) in [5.74, 6) is 4.41. The minimum Gasteiger partial charge on any atom is -0.481 e. The van der Waals surface area contributed by atoms with Crippen molar-refractivity contribution in [3.63, 3.8) is 0 Å². The summed E-state index contributed by atoms with van der Waals surface area (Å²) in [4.78, 5) is 23.8. The first-order valence-electron chi connectivity index (χ1n) is 27.7. The predicted octanol–water partition coefficient (Wildman–Crippen LogP) is 10.1. The van der Waals surface area contributed by atoms with Crippen molar-refractivity contribution in [2.24, 2.45) is 92.7 Å². The summed E-state index contributed by atoms with van der Waals surface area (Å²) in [5, 5.41) is 35.8. The lowest BCUT2D eigenvalue weighted by Crippen LogP contribution is -2.58. The number of unbranched alkanes of at least 4 members (excludes halogenated alkanes) is 2. The molecule has 20 atom stereocenters. The van der Waals surface area contributed by atoms with Crippen molar-refractivity contribution >= 4 is 22.0 Å². The molecule has 0 aromatic carbocycles. The van der Waals surface area contributed by atoms with Crippen molar-refractivity contribution in [3.8, 4) is 0 Å². The minimum atomic E-state index is -4.09. The second-order valence-electron chi connectivity index (χ2n) is 25.7. The number of carboxylic acid groups (broad SMARTS) is 1. The first kappa shape index (κ1) is 52.0. The van der Waals surface area contributed by atoms with Crippen LogP contribution in [0.3, 0.4) is 0 Å². The maximum Gasteiger partial charge on any atom is 0.303 e. The highest BCUT2D eigenvalue weighted by atomic mass is 32.2. The van der Waals surface area contributed by atoms with E-state index in [-0.39, 0.29) is 64.9 Å².